The Kier molecular flexibility index (Phi) is 6.17. The Morgan fingerprint density at radius 1 is 1.12 bits per heavy atom. The van der Waals surface area contributed by atoms with E-state index < -0.39 is 5.91 Å². The summed E-state index contributed by atoms with van der Waals surface area (Å²) in [5, 5.41) is 23.8. The number of nitrogens with one attached hydrogen (secondary N) is 1. The summed E-state index contributed by atoms with van der Waals surface area (Å²) in [4.78, 5) is 12.1. The van der Waals surface area contributed by atoms with E-state index in [0.29, 0.717) is 5.56 Å². The predicted octanol–water partition coefficient (Wildman–Crippen LogP) is 3.82. The van der Waals surface area contributed by atoms with E-state index in [-0.39, 0.29) is 17.1 Å². The van der Waals surface area contributed by atoms with Crippen molar-refractivity contribution in [1.29, 1.82) is 0 Å². The Morgan fingerprint density at radius 3 is 2.52 bits per heavy atom. The van der Waals surface area contributed by atoms with E-state index in [0.717, 1.165) is 36.0 Å². The number of carbonyl (C=O) groups excluding carboxylic acids is 1. The molecule has 0 spiro atoms. The summed E-state index contributed by atoms with van der Waals surface area (Å²) in [6, 6.07) is 8.59. The van der Waals surface area contributed by atoms with Crippen molar-refractivity contribution in [3.05, 3.63) is 58.1 Å². The van der Waals surface area contributed by atoms with Gasteiger partial charge in [0, 0.05) is 5.56 Å². The minimum atomic E-state index is -0.504. The van der Waals surface area contributed by atoms with Crippen molar-refractivity contribution in [1.82, 2.24) is 5.43 Å². The van der Waals surface area contributed by atoms with Gasteiger partial charge in [-0.25, -0.2) is 5.43 Å². The fourth-order valence-electron chi connectivity index (χ4n) is 2.44. The number of phenolic OH excluding ortho intramolecular Hbond substituents is 2. The van der Waals surface area contributed by atoms with Gasteiger partial charge in [-0.3, -0.25) is 4.79 Å². The second-order valence-corrected chi connectivity index (χ2v) is 6.15. The van der Waals surface area contributed by atoms with Crippen molar-refractivity contribution in [3.63, 3.8) is 0 Å². The van der Waals surface area contributed by atoms with Crippen LogP contribution in [0.4, 0.5) is 0 Å². The molecule has 0 saturated carbocycles. The first-order valence-electron chi connectivity index (χ1n) is 8.38. The van der Waals surface area contributed by atoms with Crippen LogP contribution in [0, 0.1) is 13.8 Å². The van der Waals surface area contributed by atoms with Crippen LogP contribution >= 0.6 is 0 Å². The predicted molar refractivity (Wildman–Crippen MR) is 99.4 cm³/mol. The number of hydrazone groups is 1. The average molecular weight is 340 g/mol. The van der Waals surface area contributed by atoms with E-state index in [1.807, 2.05) is 19.9 Å². The summed E-state index contributed by atoms with van der Waals surface area (Å²) in [6.45, 7) is 5.85. The van der Waals surface area contributed by atoms with Crippen molar-refractivity contribution in [2.24, 2.45) is 5.10 Å². The summed E-state index contributed by atoms with van der Waals surface area (Å²) in [5.74, 6) is -0.463. The molecule has 0 radical (unpaired) electrons. The Balaban J connectivity index is 2.05. The molecule has 0 aliphatic rings. The van der Waals surface area contributed by atoms with Gasteiger partial charge in [0.05, 0.1) is 11.8 Å². The van der Waals surface area contributed by atoms with Crippen LogP contribution in [0.2, 0.25) is 0 Å². The third-order valence-corrected chi connectivity index (χ3v) is 4.14. The molecule has 0 heterocycles. The van der Waals surface area contributed by atoms with E-state index in [9.17, 15) is 15.0 Å². The number of phenols is 2. The molecule has 3 N–H and O–H groups in total. The van der Waals surface area contributed by atoms with E-state index in [2.05, 4.69) is 17.5 Å². The van der Waals surface area contributed by atoms with Crippen molar-refractivity contribution < 1.29 is 15.0 Å². The lowest BCUT2D eigenvalue weighted by Crippen LogP contribution is -2.18. The first kappa shape index (κ1) is 18.5. The monoisotopic (exact) mass is 340 g/mol. The van der Waals surface area contributed by atoms with Gasteiger partial charge in [-0.1, -0.05) is 19.4 Å². The van der Waals surface area contributed by atoms with Crippen LogP contribution in [0.25, 0.3) is 0 Å². The van der Waals surface area contributed by atoms with Gasteiger partial charge in [0.1, 0.15) is 11.5 Å². The maximum atomic E-state index is 12.1. The summed E-state index contributed by atoms with van der Waals surface area (Å²) in [7, 11) is 0. The van der Waals surface area contributed by atoms with Crippen molar-refractivity contribution in [3.8, 4) is 11.5 Å². The molecular weight excluding hydrogens is 316 g/mol. The molecule has 2 rings (SSSR count). The van der Waals surface area contributed by atoms with Gasteiger partial charge in [-0.05, 0) is 67.6 Å². The molecular formula is C20H24N2O3. The molecule has 1 amide bonds. The molecule has 2 aromatic rings. The maximum absolute atomic E-state index is 12.1. The van der Waals surface area contributed by atoms with Crippen molar-refractivity contribution in [2.75, 3.05) is 0 Å². The molecule has 0 saturated heterocycles. The topological polar surface area (TPSA) is 81.9 Å². The van der Waals surface area contributed by atoms with Crippen LogP contribution in [-0.2, 0) is 6.42 Å². The Bertz CT molecular complexity index is 798. The molecule has 25 heavy (non-hydrogen) atoms. The summed E-state index contributed by atoms with van der Waals surface area (Å²) in [5.41, 5.74) is 5.94. The molecule has 0 bridgehead atoms. The van der Waals surface area contributed by atoms with Crippen LogP contribution in [0.1, 0.15) is 52.4 Å². The second-order valence-electron chi connectivity index (χ2n) is 6.15. The highest BCUT2D eigenvalue weighted by molar-refractivity contribution is 5.97. The molecule has 0 aromatic heterocycles. The van der Waals surface area contributed by atoms with Gasteiger partial charge in [-0.15, -0.1) is 0 Å². The third-order valence-electron chi connectivity index (χ3n) is 4.14. The quantitative estimate of drug-likeness (QED) is 0.552. The number of hydrogen-bond acceptors (Lipinski definition) is 4. The van der Waals surface area contributed by atoms with Gasteiger partial charge in [0.2, 0.25) is 0 Å². The number of amides is 1. The largest absolute Gasteiger partial charge is 0.507 e. The lowest BCUT2D eigenvalue weighted by molar-refractivity contribution is 0.0952. The van der Waals surface area contributed by atoms with Gasteiger partial charge in [0.25, 0.3) is 5.91 Å². The highest BCUT2D eigenvalue weighted by Gasteiger charge is 2.12. The van der Waals surface area contributed by atoms with Gasteiger partial charge < -0.3 is 10.2 Å². The summed E-state index contributed by atoms with van der Waals surface area (Å²) in [6.07, 6.45) is 4.48. The maximum Gasteiger partial charge on any atom is 0.275 e. The standard InChI is InChI=1S/C20H24N2O3/c1-4-5-6-15-7-8-16(18(23)11-15)12-21-22-20(25)17-9-13(2)14(3)10-19(17)24/h7-12,23-24H,4-6H2,1-3H3,(H,22,25)/b21-12+. The fraction of sp³-hybridized carbons (Fsp3) is 0.300. The summed E-state index contributed by atoms with van der Waals surface area (Å²) < 4.78 is 0. The van der Waals surface area contributed by atoms with E-state index in [1.54, 1.807) is 24.3 Å². The van der Waals surface area contributed by atoms with Gasteiger partial charge >= 0.3 is 0 Å². The van der Waals surface area contributed by atoms with Crippen molar-refractivity contribution in [2.45, 2.75) is 40.0 Å². The Morgan fingerprint density at radius 2 is 1.84 bits per heavy atom. The molecule has 0 aliphatic heterocycles. The smallest absolute Gasteiger partial charge is 0.275 e. The second kappa shape index (κ2) is 8.33. The zero-order valence-corrected chi connectivity index (χ0v) is 14.8. The Hall–Kier alpha value is -2.82. The number of aryl methyl sites for hydroxylation is 3. The average Bonchev–Trinajstić information content (AvgIpc) is 2.57. The molecule has 132 valence electrons. The third kappa shape index (κ3) is 4.83. The zero-order valence-electron chi connectivity index (χ0n) is 14.8. The zero-order chi connectivity index (χ0) is 18.4. The number of carbonyl (C=O) groups is 1. The van der Waals surface area contributed by atoms with Crippen LogP contribution in [0.15, 0.2) is 35.4 Å². The lowest BCUT2D eigenvalue weighted by Gasteiger charge is -2.07. The normalized spacial score (nSPS) is 11.0. The molecule has 0 fully saturated rings. The van der Waals surface area contributed by atoms with Crippen molar-refractivity contribution >= 4 is 12.1 Å². The lowest BCUT2D eigenvalue weighted by atomic mass is 10.0. The molecule has 0 atom stereocenters. The number of benzene rings is 2. The van der Waals surface area contributed by atoms with Gasteiger partial charge in [0.15, 0.2) is 0 Å². The van der Waals surface area contributed by atoms with Gasteiger partial charge in [-0.2, -0.15) is 5.10 Å². The number of unbranched alkanes of at least 4 members (excludes halogenated alkanes) is 1. The van der Waals surface area contributed by atoms with E-state index >= 15 is 0 Å². The number of rotatable bonds is 6. The number of aromatic hydroxyl groups is 2. The molecule has 0 aliphatic carbocycles. The molecule has 2 aromatic carbocycles. The highest BCUT2D eigenvalue weighted by Crippen LogP contribution is 2.22. The van der Waals surface area contributed by atoms with Crippen LogP contribution in [-0.4, -0.2) is 22.3 Å². The highest BCUT2D eigenvalue weighted by atomic mass is 16.3. The Labute approximate surface area is 148 Å². The first-order chi connectivity index (χ1) is 11.9. The van der Waals surface area contributed by atoms with Crippen LogP contribution in [0.5, 0.6) is 11.5 Å². The summed E-state index contributed by atoms with van der Waals surface area (Å²) >= 11 is 0. The minimum Gasteiger partial charge on any atom is -0.507 e. The molecule has 5 nitrogen and oxygen atoms in total. The van der Waals surface area contributed by atoms with Crippen LogP contribution in [0.3, 0.4) is 0 Å². The van der Waals surface area contributed by atoms with E-state index in [1.165, 1.54) is 6.21 Å². The number of hydrogen-bond donors (Lipinski definition) is 3. The van der Waals surface area contributed by atoms with E-state index in [4.69, 9.17) is 0 Å². The minimum absolute atomic E-state index is 0.0843. The number of nitrogens with zero attached hydrogens (tertiary/aromatic N) is 1. The SMILES string of the molecule is CCCCc1ccc(/C=N/NC(=O)c2cc(C)c(C)cc2O)c(O)c1. The van der Waals surface area contributed by atoms with Crippen LogP contribution < -0.4 is 5.43 Å². The first-order valence-corrected chi connectivity index (χ1v) is 8.38. The molecule has 5 heteroatoms. The molecule has 0 unspecified atom stereocenters. The fourth-order valence-corrected chi connectivity index (χ4v) is 2.44.